The van der Waals surface area contributed by atoms with Crippen molar-refractivity contribution >= 4 is 21.8 Å². The second kappa shape index (κ2) is 8.58. The maximum atomic E-state index is 12.1. The lowest BCUT2D eigenvalue weighted by atomic mass is 10.2. The monoisotopic (exact) mass is 377 g/mol. The number of hydrogen-bond donors (Lipinski definition) is 1. The number of carbonyl (C=O) groups excluding carboxylic acids is 1. The van der Waals surface area contributed by atoms with Crippen LogP contribution in [0.4, 0.5) is 0 Å². The largest absolute Gasteiger partial charge is 0.494 e. The first-order valence-corrected chi connectivity index (χ1v) is 8.29. The molecule has 0 heterocycles. The Labute approximate surface area is 144 Å². The second-order valence-electron chi connectivity index (χ2n) is 5.01. The van der Waals surface area contributed by atoms with E-state index in [1.807, 2.05) is 55.5 Å². The number of hydrogen-bond acceptors (Lipinski definition) is 3. The minimum atomic E-state index is -0.557. The van der Waals surface area contributed by atoms with E-state index in [1.165, 1.54) is 0 Å². The first kappa shape index (κ1) is 17.3. The average molecular weight is 378 g/mol. The second-order valence-corrected chi connectivity index (χ2v) is 5.92. The summed E-state index contributed by atoms with van der Waals surface area (Å²) in [4.78, 5) is 12.1. The van der Waals surface area contributed by atoms with Crippen molar-refractivity contribution in [2.45, 2.75) is 26.5 Å². The molecule has 0 aliphatic carbocycles. The van der Waals surface area contributed by atoms with Crippen LogP contribution in [0.25, 0.3) is 0 Å². The Kier molecular flexibility index (Phi) is 6.47. The van der Waals surface area contributed by atoms with E-state index in [0.29, 0.717) is 18.9 Å². The quantitative estimate of drug-likeness (QED) is 0.794. The van der Waals surface area contributed by atoms with Crippen LogP contribution in [0, 0.1) is 0 Å². The van der Waals surface area contributed by atoms with Gasteiger partial charge in [0.05, 0.1) is 6.61 Å². The van der Waals surface area contributed by atoms with Gasteiger partial charge >= 0.3 is 0 Å². The lowest BCUT2D eigenvalue weighted by Crippen LogP contribution is -2.35. The van der Waals surface area contributed by atoms with Crippen LogP contribution in [0.3, 0.4) is 0 Å². The van der Waals surface area contributed by atoms with Crippen LogP contribution >= 0.6 is 15.9 Å². The Morgan fingerprint density at radius 1 is 1.09 bits per heavy atom. The zero-order chi connectivity index (χ0) is 16.7. The Morgan fingerprint density at radius 2 is 1.70 bits per heavy atom. The molecule has 0 radical (unpaired) electrons. The SMILES string of the molecule is CCOc1ccc(CNC(=O)[C@@H](C)Oc2ccc(Br)cc2)cc1. The molecule has 0 saturated carbocycles. The van der Waals surface area contributed by atoms with Crippen molar-refractivity contribution in [3.05, 3.63) is 58.6 Å². The van der Waals surface area contributed by atoms with Gasteiger partial charge in [0, 0.05) is 11.0 Å². The zero-order valence-corrected chi connectivity index (χ0v) is 14.8. The highest BCUT2D eigenvalue weighted by atomic mass is 79.9. The van der Waals surface area contributed by atoms with Crippen molar-refractivity contribution in [2.24, 2.45) is 0 Å². The van der Waals surface area contributed by atoms with Crippen LogP contribution in [-0.2, 0) is 11.3 Å². The van der Waals surface area contributed by atoms with Gasteiger partial charge in [-0.3, -0.25) is 4.79 Å². The van der Waals surface area contributed by atoms with E-state index >= 15 is 0 Å². The van der Waals surface area contributed by atoms with Gasteiger partial charge in [-0.15, -0.1) is 0 Å². The van der Waals surface area contributed by atoms with E-state index < -0.39 is 6.10 Å². The number of halogens is 1. The fourth-order valence-corrected chi connectivity index (χ4v) is 2.24. The van der Waals surface area contributed by atoms with Crippen LogP contribution in [0.2, 0.25) is 0 Å². The van der Waals surface area contributed by atoms with Crippen molar-refractivity contribution in [2.75, 3.05) is 6.61 Å². The fraction of sp³-hybridized carbons (Fsp3) is 0.278. The van der Waals surface area contributed by atoms with Crippen LogP contribution < -0.4 is 14.8 Å². The van der Waals surface area contributed by atoms with Crippen molar-refractivity contribution in [1.82, 2.24) is 5.32 Å². The third kappa shape index (κ3) is 5.60. The predicted molar refractivity (Wildman–Crippen MR) is 93.7 cm³/mol. The van der Waals surface area contributed by atoms with E-state index in [4.69, 9.17) is 9.47 Å². The Bertz CT molecular complexity index is 626. The van der Waals surface area contributed by atoms with E-state index in [9.17, 15) is 4.79 Å². The van der Waals surface area contributed by atoms with Gasteiger partial charge in [-0.05, 0) is 55.8 Å². The van der Waals surface area contributed by atoms with Crippen LogP contribution in [0.1, 0.15) is 19.4 Å². The van der Waals surface area contributed by atoms with Gasteiger partial charge in [0.15, 0.2) is 6.10 Å². The molecular formula is C18H20BrNO3. The Morgan fingerprint density at radius 3 is 2.30 bits per heavy atom. The fourth-order valence-electron chi connectivity index (χ4n) is 1.97. The smallest absolute Gasteiger partial charge is 0.261 e. The minimum absolute atomic E-state index is 0.151. The van der Waals surface area contributed by atoms with Gasteiger partial charge in [0.2, 0.25) is 0 Å². The summed E-state index contributed by atoms with van der Waals surface area (Å²) in [6.07, 6.45) is -0.557. The van der Waals surface area contributed by atoms with Gasteiger partial charge in [0.1, 0.15) is 11.5 Å². The molecule has 0 spiro atoms. The molecule has 2 aromatic carbocycles. The molecule has 1 atom stereocenters. The molecule has 2 rings (SSSR count). The summed E-state index contributed by atoms with van der Waals surface area (Å²) in [6.45, 7) is 4.77. The molecule has 4 nitrogen and oxygen atoms in total. The van der Waals surface area contributed by atoms with Gasteiger partial charge in [-0.25, -0.2) is 0 Å². The molecule has 0 unspecified atom stereocenters. The molecule has 1 N–H and O–H groups in total. The van der Waals surface area contributed by atoms with Gasteiger partial charge in [-0.1, -0.05) is 28.1 Å². The summed E-state index contributed by atoms with van der Waals surface area (Å²) >= 11 is 3.36. The molecule has 0 fully saturated rings. The number of nitrogens with one attached hydrogen (secondary N) is 1. The molecule has 23 heavy (non-hydrogen) atoms. The zero-order valence-electron chi connectivity index (χ0n) is 13.2. The van der Waals surface area contributed by atoms with E-state index in [-0.39, 0.29) is 5.91 Å². The topological polar surface area (TPSA) is 47.6 Å². The highest BCUT2D eigenvalue weighted by molar-refractivity contribution is 9.10. The molecule has 0 aromatic heterocycles. The van der Waals surface area contributed by atoms with Crippen LogP contribution in [0.5, 0.6) is 11.5 Å². The summed E-state index contributed by atoms with van der Waals surface area (Å²) in [7, 11) is 0. The first-order valence-electron chi connectivity index (χ1n) is 7.50. The third-order valence-corrected chi connectivity index (χ3v) is 3.73. The average Bonchev–Trinajstić information content (AvgIpc) is 2.56. The first-order chi connectivity index (χ1) is 11.1. The van der Waals surface area contributed by atoms with Crippen molar-refractivity contribution in [3.8, 4) is 11.5 Å². The molecule has 122 valence electrons. The Balaban J connectivity index is 1.82. The number of ether oxygens (including phenoxy) is 2. The summed E-state index contributed by atoms with van der Waals surface area (Å²) in [5.41, 5.74) is 1.01. The lowest BCUT2D eigenvalue weighted by molar-refractivity contribution is -0.127. The van der Waals surface area contributed by atoms with E-state index in [0.717, 1.165) is 15.8 Å². The lowest BCUT2D eigenvalue weighted by Gasteiger charge is -2.15. The Hall–Kier alpha value is -2.01. The molecule has 2 aromatic rings. The van der Waals surface area contributed by atoms with Gasteiger partial charge < -0.3 is 14.8 Å². The molecular weight excluding hydrogens is 358 g/mol. The highest BCUT2D eigenvalue weighted by Crippen LogP contribution is 2.17. The molecule has 0 saturated heterocycles. The van der Waals surface area contributed by atoms with E-state index in [2.05, 4.69) is 21.2 Å². The summed E-state index contributed by atoms with van der Waals surface area (Å²) in [6, 6.07) is 15.1. The maximum Gasteiger partial charge on any atom is 0.261 e. The van der Waals surface area contributed by atoms with Crippen molar-refractivity contribution < 1.29 is 14.3 Å². The molecule has 0 aliphatic heterocycles. The molecule has 0 bridgehead atoms. The summed E-state index contributed by atoms with van der Waals surface area (Å²) in [5, 5.41) is 2.87. The predicted octanol–water partition coefficient (Wildman–Crippen LogP) is 3.93. The van der Waals surface area contributed by atoms with Gasteiger partial charge in [-0.2, -0.15) is 0 Å². The van der Waals surface area contributed by atoms with E-state index in [1.54, 1.807) is 6.92 Å². The maximum absolute atomic E-state index is 12.1. The molecule has 1 amide bonds. The molecule has 5 heteroatoms. The van der Waals surface area contributed by atoms with Crippen LogP contribution in [-0.4, -0.2) is 18.6 Å². The highest BCUT2D eigenvalue weighted by Gasteiger charge is 2.14. The van der Waals surface area contributed by atoms with Crippen LogP contribution in [0.15, 0.2) is 53.0 Å². The minimum Gasteiger partial charge on any atom is -0.494 e. The number of amides is 1. The van der Waals surface area contributed by atoms with Crippen molar-refractivity contribution in [1.29, 1.82) is 0 Å². The standard InChI is InChI=1S/C18H20BrNO3/c1-3-22-16-8-4-14(5-9-16)12-20-18(21)13(2)23-17-10-6-15(19)7-11-17/h4-11,13H,3,12H2,1-2H3,(H,20,21)/t13-/m1/s1. The number of benzene rings is 2. The third-order valence-electron chi connectivity index (χ3n) is 3.20. The summed E-state index contributed by atoms with van der Waals surface area (Å²) < 4.78 is 12.0. The number of carbonyl (C=O) groups is 1. The van der Waals surface area contributed by atoms with Crippen molar-refractivity contribution in [3.63, 3.8) is 0 Å². The number of rotatable bonds is 7. The molecule has 0 aliphatic rings. The van der Waals surface area contributed by atoms with Gasteiger partial charge in [0.25, 0.3) is 5.91 Å². The summed E-state index contributed by atoms with van der Waals surface area (Å²) in [5.74, 6) is 1.34. The normalized spacial score (nSPS) is 11.6.